The van der Waals surface area contributed by atoms with Crippen LogP contribution in [0.4, 0.5) is 45.5 Å². The van der Waals surface area contributed by atoms with Gasteiger partial charge in [-0.15, -0.1) is 0 Å². The van der Waals surface area contributed by atoms with Crippen molar-refractivity contribution in [3.63, 3.8) is 0 Å². The van der Waals surface area contributed by atoms with Crippen LogP contribution in [0.5, 0.6) is 0 Å². The molecule has 11 aromatic rings. The maximum atomic E-state index is 2.52. The fourth-order valence-electron chi connectivity index (χ4n) is 12.1. The van der Waals surface area contributed by atoms with Crippen molar-refractivity contribution in [2.75, 3.05) is 21.2 Å². The van der Waals surface area contributed by atoms with Crippen molar-refractivity contribution in [3.05, 3.63) is 228 Å². The summed E-state index contributed by atoms with van der Waals surface area (Å²) in [6, 6.07) is 74.7. The maximum absolute atomic E-state index is 2.52. The third kappa shape index (κ3) is 5.58. The molecule has 318 valence electrons. The molecule has 0 aromatic heterocycles. The average Bonchev–Trinajstić information content (AvgIpc) is 3.60. The fraction of sp³-hybridized carbons (Fsp3) is 0.0938. The van der Waals surface area contributed by atoms with Crippen LogP contribution in [-0.4, -0.2) is 6.54 Å². The molecule has 0 atom stereocenters. The number of anilines is 8. The Kier molecular flexibility index (Phi) is 8.22. The van der Waals surface area contributed by atoms with Gasteiger partial charge in [-0.2, -0.15) is 0 Å². The Morgan fingerprint density at radius 2 is 0.970 bits per heavy atom. The van der Waals surface area contributed by atoms with Gasteiger partial charge in [-0.25, -0.2) is 0 Å². The van der Waals surface area contributed by atoms with E-state index < -0.39 is 0 Å². The van der Waals surface area contributed by atoms with Crippen molar-refractivity contribution < 1.29 is 0 Å². The standard InChI is InChI=1S/C64H47N3/c1-64(2)54-39-41(29-33-47(54)48-35-32-45(40-55(48)64)65-38-14-16-43-15-6-7-23-56(43)65)28-30-42-31-34-51-50-21-13-22-53-57(37-36-52(63(50)53)49-20-12-19-46(42)62(49)51)67-60-26-10-8-24-58(60)66(44-17-4-3-5-18-44)59-25-9-11-27-61(59)67/h3-13,15,17-37,39-40H,14,16,38H2,1-2H3/b30-28+. The van der Waals surface area contributed by atoms with Crippen LogP contribution in [0.3, 0.4) is 0 Å². The largest absolute Gasteiger partial charge is 0.341 e. The van der Waals surface area contributed by atoms with Gasteiger partial charge < -0.3 is 14.7 Å². The highest BCUT2D eigenvalue weighted by atomic mass is 15.3. The first-order valence-corrected chi connectivity index (χ1v) is 23.8. The van der Waals surface area contributed by atoms with Crippen molar-refractivity contribution in [2.24, 2.45) is 0 Å². The van der Waals surface area contributed by atoms with Crippen LogP contribution in [-0.2, 0) is 11.8 Å². The molecule has 0 saturated carbocycles. The fourth-order valence-corrected chi connectivity index (χ4v) is 12.1. The van der Waals surface area contributed by atoms with E-state index in [1.165, 1.54) is 106 Å². The Morgan fingerprint density at radius 1 is 0.403 bits per heavy atom. The van der Waals surface area contributed by atoms with Gasteiger partial charge >= 0.3 is 0 Å². The first-order valence-electron chi connectivity index (χ1n) is 23.8. The molecular weight excluding hydrogens is 811 g/mol. The Hall–Kier alpha value is -8.14. The molecule has 3 nitrogen and oxygen atoms in total. The summed E-state index contributed by atoms with van der Waals surface area (Å²) < 4.78 is 0. The molecule has 0 bridgehead atoms. The maximum Gasteiger partial charge on any atom is 0.0703 e. The number of para-hydroxylation sites is 6. The zero-order valence-electron chi connectivity index (χ0n) is 37.7. The predicted molar refractivity (Wildman–Crippen MR) is 285 cm³/mol. The minimum absolute atomic E-state index is 0.113. The van der Waals surface area contributed by atoms with E-state index in [4.69, 9.17) is 0 Å². The van der Waals surface area contributed by atoms with Gasteiger partial charge in [-0.05, 0) is 150 Å². The van der Waals surface area contributed by atoms with Crippen LogP contribution in [0.1, 0.15) is 48.1 Å². The predicted octanol–water partition coefficient (Wildman–Crippen LogP) is 17.6. The first kappa shape index (κ1) is 38.2. The Morgan fingerprint density at radius 3 is 1.70 bits per heavy atom. The highest BCUT2D eigenvalue weighted by Gasteiger charge is 2.37. The molecule has 0 radical (unpaired) electrons. The lowest BCUT2D eigenvalue weighted by Gasteiger charge is -2.40. The van der Waals surface area contributed by atoms with Crippen LogP contribution >= 0.6 is 0 Å². The lowest BCUT2D eigenvalue weighted by molar-refractivity contribution is 0.659. The summed E-state index contributed by atoms with van der Waals surface area (Å²) in [5, 5.41) is 10.3. The Bertz CT molecular complexity index is 3770. The van der Waals surface area contributed by atoms with Gasteiger partial charge in [0.05, 0.1) is 28.4 Å². The Balaban J connectivity index is 0.847. The molecule has 0 amide bonds. The molecule has 0 fully saturated rings. The van der Waals surface area contributed by atoms with E-state index in [0.717, 1.165) is 41.4 Å². The van der Waals surface area contributed by atoms with E-state index in [9.17, 15) is 0 Å². The van der Waals surface area contributed by atoms with Gasteiger partial charge in [-0.1, -0.05) is 166 Å². The molecule has 11 aromatic carbocycles. The number of nitrogens with zero attached hydrogens (tertiary/aromatic N) is 3. The number of rotatable bonds is 5. The third-order valence-electron chi connectivity index (χ3n) is 15.2. The second-order valence-corrected chi connectivity index (χ2v) is 19.2. The van der Waals surface area contributed by atoms with E-state index in [1.807, 2.05) is 0 Å². The summed E-state index contributed by atoms with van der Waals surface area (Å²) in [4.78, 5) is 7.39. The summed E-state index contributed by atoms with van der Waals surface area (Å²) >= 11 is 0. The number of fused-ring (bicyclic) bond motifs is 8. The molecule has 3 heteroatoms. The van der Waals surface area contributed by atoms with Gasteiger partial charge in [0.25, 0.3) is 0 Å². The number of hydrogen-bond acceptors (Lipinski definition) is 3. The number of hydrogen-bond donors (Lipinski definition) is 0. The molecule has 0 N–H and O–H groups in total. The molecule has 2 aliphatic heterocycles. The van der Waals surface area contributed by atoms with Gasteiger partial charge in [0.15, 0.2) is 0 Å². The third-order valence-corrected chi connectivity index (χ3v) is 15.2. The second-order valence-electron chi connectivity index (χ2n) is 19.2. The van der Waals surface area contributed by atoms with Crippen molar-refractivity contribution >= 4 is 101 Å². The van der Waals surface area contributed by atoms with Crippen LogP contribution in [0.2, 0.25) is 0 Å². The number of benzene rings is 11. The molecule has 0 unspecified atom stereocenters. The lowest BCUT2D eigenvalue weighted by atomic mass is 9.81. The van der Waals surface area contributed by atoms with Crippen LogP contribution < -0.4 is 14.7 Å². The van der Waals surface area contributed by atoms with E-state index in [0.29, 0.717) is 0 Å². The SMILES string of the molecule is CC1(C)c2cc(/C=C/c3ccc4c5cccc6c(N7c8ccccc8N(c8ccccc8)c8ccccc87)ccc(c7cccc3c47)c65)ccc2-c2ccc(N3CCCc4ccccc43)cc21. The molecular formula is C64H47N3. The highest BCUT2D eigenvalue weighted by molar-refractivity contribution is 6.35. The smallest absolute Gasteiger partial charge is 0.0703 e. The molecule has 67 heavy (non-hydrogen) atoms. The highest BCUT2D eigenvalue weighted by Crippen LogP contribution is 2.56. The van der Waals surface area contributed by atoms with Gasteiger partial charge in [0.2, 0.25) is 0 Å². The molecule has 3 aliphatic rings. The molecule has 14 rings (SSSR count). The molecule has 0 spiro atoms. The Labute approximate surface area is 391 Å². The molecule has 0 saturated heterocycles. The topological polar surface area (TPSA) is 9.72 Å². The minimum Gasteiger partial charge on any atom is -0.341 e. The van der Waals surface area contributed by atoms with Crippen LogP contribution in [0, 0.1) is 0 Å². The average molecular weight is 858 g/mol. The summed E-state index contributed by atoms with van der Waals surface area (Å²) in [7, 11) is 0. The van der Waals surface area contributed by atoms with Crippen molar-refractivity contribution in [1.29, 1.82) is 0 Å². The molecule has 1 aliphatic carbocycles. The monoisotopic (exact) mass is 857 g/mol. The van der Waals surface area contributed by atoms with Crippen molar-refractivity contribution in [2.45, 2.75) is 32.1 Å². The van der Waals surface area contributed by atoms with E-state index in [2.05, 4.69) is 241 Å². The van der Waals surface area contributed by atoms with Crippen molar-refractivity contribution in [1.82, 2.24) is 0 Å². The van der Waals surface area contributed by atoms with Crippen molar-refractivity contribution in [3.8, 4) is 11.1 Å². The zero-order chi connectivity index (χ0) is 44.4. The van der Waals surface area contributed by atoms with Gasteiger partial charge in [-0.3, -0.25) is 0 Å². The summed E-state index contributed by atoms with van der Waals surface area (Å²) in [6.07, 6.45) is 6.97. The summed E-state index contributed by atoms with van der Waals surface area (Å²) in [5.41, 5.74) is 18.9. The van der Waals surface area contributed by atoms with E-state index >= 15 is 0 Å². The summed E-state index contributed by atoms with van der Waals surface area (Å²) in [6.45, 7) is 5.85. The van der Waals surface area contributed by atoms with Crippen LogP contribution in [0.15, 0.2) is 200 Å². The first-order chi connectivity index (χ1) is 33.0. The van der Waals surface area contributed by atoms with E-state index in [1.54, 1.807) is 0 Å². The lowest BCUT2D eigenvalue weighted by Crippen LogP contribution is -2.25. The summed E-state index contributed by atoms with van der Waals surface area (Å²) in [5.74, 6) is 0. The molecule has 2 heterocycles. The van der Waals surface area contributed by atoms with Gasteiger partial charge in [0, 0.05) is 34.4 Å². The minimum atomic E-state index is -0.113. The number of aryl methyl sites for hydroxylation is 1. The van der Waals surface area contributed by atoms with Gasteiger partial charge in [0.1, 0.15) is 0 Å². The van der Waals surface area contributed by atoms with E-state index in [-0.39, 0.29) is 5.41 Å². The second kappa shape index (κ2) is 14.4. The quantitative estimate of drug-likeness (QED) is 0.0970. The van der Waals surface area contributed by atoms with Crippen LogP contribution in [0.25, 0.3) is 66.4 Å². The zero-order valence-corrected chi connectivity index (χ0v) is 37.7. The normalized spacial score (nSPS) is 14.8.